The summed E-state index contributed by atoms with van der Waals surface area (Å²) in [5.41, 5.74) is 4.00. The van der Waals surface area contributed by atoms with Crippen LogP contribution in [0.1, 0.15) is 12.5 Å². The van der Waals surface area contributed by atoms with Crippen LogP contribution in [0.5, 0.6) is 5.75 Å². The molecular formula is C23H20N2O2S. The molecule has 0 fully saturated rings. The lowest BCUT2D eigenvalue weighted by molar-refractivity contribution is -0.122. The molecule has 0 saturated heterocycles. The molecule has 0 spiro atoms. The number of para-hydroxylation sites is 1. The monoisotopic (exact) mass is 388 g/mol. The van der Waals surface area contributed by atoms with E-state index in [0.717, 1.165) is 21.8 Å². The highest BCUT2D eigenvalue weighted by Gasteiger charge is 2.15. The summed E-state index contributed by atoms with van der Waals surface area (Å²) in [5.74, 6) is 0.485. The van der Waals surface area contributed by atoms with Gasteiger partial charge in [0.1, 0.15) is 10.8 Å². The van der Waals surface area contributed by atoms with Gasteiger partial charge in [-0.25, -0.2) is 4.98 Å². The Morgan fingerprint density at radius 3 is 2.54 bits per heavy atom. The molecule has 1 atom stereocenters. The van der Waals surface area contributed by atoms with E-state index in [1.807, 2.05) is 60.7 Å². The lowest BCUT2D eigenvalue weighted by Crippen LogP contribution is -2.30. The van der Waals surface area contributed by atoms with Crippen LogP contribution in [0.3, 0.4) is 0 Å². The molecule has 4 aromatic rings. The average Bonchev–Trinajstić information content (AvgIpc) is 3.12. The molecule has 0 aliphatic rings. The topological polar surface area (TPSA) is 51.2 Å². The van der Waals surface area contributed by atoms with Gasteiger partial charge in [-0.2, -0.15) is 0 Å². The van der Waals surface area contributed by atoms with Crippen LogP contribution in [0, 0.1) is 6.92 Å². The maximum atomic E-state index is 12.4. The highest BCUT2D eigenvalue weighted by Crippen LogP contribution is 2.31. The number of hydrogen-bond donors (Lipinski definition) is 1. The van der Waals surface area contributed by atoms with Crippen molar-refractivity contribution in [3.8, 4) is 16.3 Å². The highest BCUT2D eigenvalue weighted by atomic mass is 32.1. The SMILES string of the molecule is Cc1ccc2nc(-c3ccc(NC(=O)[C@@H](C)Oc4ccccc4)cc3)sc2c1. The molecule has 140 valence electrons. The molecule has 3 aromatic carbocycles. The first kappa shape index (κ1) is 18.2. The van der Waals surface area contributed by atoms with Crippen molar-refractivity contribution in [2.45, 2.75) is 20.0 Å². The minimum absolute atomic E-state index is 0.188. The molecule has 4 rings (SSSR count). The quantitative estimate of drug-likeness (QED) is 0.479. The van der Waals surface area contributed by atoms with E-state index in [9.17, 15) is 4.79 Å². The molecule has 0 bridgehead atoms. The Hall–Kier alpha value is -3.18. The molecule has 0 saturated carbocycles. The maximum absolute atomic E-state index is 12.4. The largest absolute Gasteiger partial charge is 0.481 e. The highest BCUT2D eigenvalue weighted by molar-refractivity contribution is 7.21. The van der Waals surface area contributed by atoms with Crippen molar-refractivity contribution in [2.24, 2.45) is 0 Å². The van der Waals surface area contributed by atoms with E-state index in [4.69, 9.17) is 9.72 Å². The van der Waals surface area contributed by atoms with Gasteiger partial charge in [-0.1, -0.05) is 24.3 Å². The zero-order valence-electron chi connectivity index (χ0n) is 15.7. The summed E-state index contributed by atoms with van der Waals surface area (Å²) in [6, 6.07) is 23.3. The first-order valence-electron chi connectivity index (χ1n) is 9.09. The Bertz CT molecular complexity index is 1100. The minimum Gasteiger partial charge on any atom is -0.481 e. The van der Waals surface area contributed by atoms with Gasteiger partial charge in [0.15, 0.2) is 6.10 Å². The van der Waals surface area contributed by atoms with Crippen LogP contribution in [0.2, 0.25) is 0 Å². The Balaban J connectivity index is 1.44. The number of amides is 1. The number of benzene rings is 3. The number of nitrogens with one attached hydrogen (secondary N) is 1. The van der Waals surface area contributed by atoms with E-state index < -0.39 is 6.10 Å². The number of fused-ring (bicyclic) bond motifs is 1. The molecule has 0 unspecified atom stereocenters. The fraction of sp³-hybridized carbons (Fsp3) is 0.130. The summed E-state index contributed by atoms with van der Waals surface area (Å²) in [7, 11) is 0. The fourth-order valence-electron chi connectivity index (χ4n) is 2.85. The second-order valence-electron chi connectivity index (χ2n) is 6.63. The van der Waals surface area contributed by atoms with Crippen LogP contribution in [0.15, 0.2) is 72.8 Å². The van der Waals surface area contributed by atoms with E-state index in [2.05, 4.69) is 24.4 Å². The summed E-state index contributed by atoms with van der Waals surface area (Å²) >= 11 is 1.67. The average molecular weight is 388 g/mol. The molecule has 0 radical (unpaired) electrons. The van der Waals surface area contributed by atoms with Crippen LogP contribution in [0.25, 0.3) is 20.8 Å². The van der Waals surface area contributed by atoms with Gasteiger partial charge in [0.05, 0.1) is 10.2 Å². The van der Waals surface area contributed by atoms with Crippen molar-refractivity contribution in [2.75, 3.05) is 5.32 Å². The third-order valence-corrected chi connectivity index (χ3v) is 5.44. The van der Waals surface area contributed by atoms with Gasteiger partial charge in [-0.3, -0.25) is 4.79 Å². The number of rotatable bonds is 5. The van der Waals surface area contributed by atoms with Crippen LogP contribution in [-0.4, -0.2) is 17.0 Å². The van der Waals surface area contributed by atoms with E-state index in [-0.39, 0.29) is 5.91 Å². The van der Waals surface area contributed by atoms with Gasteiger partial charge >= 0.3 is 0 Å². The van der Waals surface area contributed by atoms with E-state index in [1.54, 1.807) is 18.3 Å². The number of aromatic nitrogens is 1. The number of hydrogen-bond acceptors (Lipinski definition) is 4. The molecule has 1 heterocycles. The number of anilines is 1. The van der Waals surface area contributed by atoms with E-state index >= 15 is 0 Å². The van der Waals surface area contributed by atoms with Crippen LogP contribution < -0.4 is 10.1 Å². The molecule has 5 heteroatoms. The number of nitrogens with zero attached hydrogens (tertiary/aromatic N) is 1. The van der Waals surface area contributed by atoms with E-state index in [1.165, 1.54) is 10.3 Å². The molecule has 28 heavy (non-hydrogen) atoms. The molecule has 1 N–H and O–H groups in total. The standard InChI is InChI=1S/C23H20N2O2S/c1-15-8-13-20-21(14-15)28-23(25-20)17-9-11-18(12-10-17)24-22(26)16(2)27-19-6-4-3-5-7-19/h3-14,16H,1-2H3,(H,24,26)/t16-/m1/s1. The smallest absolute Gasteiger partial charge is 0.265 e. The minimum atomic E-state index is -0.588. The number of thiazole rings is 1. The predicted molar refractivity (Wildman–Crippen MR) is 115 cm³/mol. The van der Waals surface area contributed by atoms with Crippen LogP contribution in [-0.2, 0) is 4.79 Å². The Labute approximate surface area is 167 Å². The van der Waals surface area contributed by atoms with Gasteiger partial charge in [-0.15, -0.1) is 11.3 Å². The summed E-state index contributed by atoms with van der Waals surface area (Å²) < 4.78 is 6.84. The van der Waals surface area contributed by atoms with Gasteiger partial charge < -0.3 is 10.1 Å². The van der Waals surface area contributed by atoms with Crippen molar-refractivity contribution in [3.63, 3.8) is 0 Å². The Morgan fingerprint density at radius 1 is 1.04 bits per heavy atom. The zero-order chi connectivity index (χ0) is 19.5. The molecule has 1 aromatic heterocycles. The van der Waals surface area contributed by atoms with Crippen molar-refractivity contribution >= 4 is 33.1 Å². The van der Waals surface area contributed by atoms with E-state index in [0.29, 0.717) is 5.75 Å². The first-order valence-corrected chi connectivity index (χ1v) is 9.90. The second-order valence-corrected chi connectivity index (χ2v) is 7.66. The normalized spacial score (nSPS) is 11.9. The summed E-state index contributed by atoms with van der Waals surface area (Å²) in [6.07, 6.45) is -0.588. The van der Waals surface area contributed by atoms with Gasteiger partial charge in [0.25, 0.3) is 5.91 Å². The fourth-order valence-corrected chi connectivity index (χ4v) is 3.92. The van der Waals surface area contributed by atoms with Crippen molar-refractivity contribution < 1.29 is 9.53 Å². The summed E-state index contributed by atoms with van der Waals surface area (Å²) in [5, 5.41) is 3.87. The second kappa shape index (κ2) is 7.82. The van der Waals surface area contributed by atoms with Gasteiger partial charge in [0, 0.05) is 11.3 Å². The Morgan fingerprint density at radius 2 is 1.79 bits per heavy atom. The molecule has 0 aliphatic heterocycles. The first-order chi connectivity index (χ1) is 13.6. The summed E-state index contributed by atoms with van der Waals surface area (Å²) in [6.45, 7) is 3.82. The number of carbonyl (C=O) groups excluding carboxylic acids is 1. The lowest BCUT2D eigenvalue weighted by Gasteiger charge is -2.14. The van der Waals surface area contributed by atoms with Crippen LogP contribution >= 0.6 is 11.3 Å². The third-order valence-electron chi connectivity index (χ3n) is 4.37. The van der Waals surface area contributed by atoms with Crippen molar-refractivity contribution in [1.82, 2.24) is 4.98 Å². The summed E-state index contributed by atoms with van der Waals surface area (Å²) in [4.78, 5) is 17.1. The predicted octanol–water partition coefficient (Wildman–Crippen LogP) is 5.68. The number of carbonyl (C=O) groups is 1. The molecule has 0 aliphatic carbocycles. The van der Waals surface area contributed by atoms with Gasteiger partial charge in [-0.05, 0) is 67.9 Å². The van der Waals surface area contributed by atoms with Gasteiger partial charge in [0.2, 0.25) is 0 Å². The number of aryl methyl sites for hydroxylation is 1. The third kappa shape index (κ3) is 4.05. The maximum Gasteiger partial charge on any atom is 0.265 e. The molecule has 1 amide bonds. The lowest BCUT2D eigenvalue weighted by atomic mass is 10.2. The molecular weight excluding hydrogens is 368 g/mol. The van der Waals surface area contributed by atoms with Crippen LogP contribution in [0.4, 0.5) is 5.69 Å². The zero-order valence-corrected chi connectivity index (χ0v) is 16.5. The number of ether oxygens (including phenoxy) is 1. The molecule has 4 nitrogen and oxygen atoms in total. The Kier molecular flexibility index (Phi) is 5.08. The van der Waals surface area contributed by atoms with Crippen molar-refractivity contribution in [1.29, 1.82) is 0 Å². The van der Waals surface area contributed by atoms with Crippen molar-refractivity contribution in [3.05, 3.63) is 78.4 Å².